The Morgan fingerprint density at radius 1 is 1.00 bits per heavy atom. The zero-order valence-corrected chi connectivity index (χ0v) is 17.8. The van der Waals surface area contributed by atoms with E-state index in [1.807, 2.05) is 32.0 Å². The highest BCUT2D eigenvalue weighted by molar-refractivity contribution is 5.97. The number of nitrogens with one attached hydrogen (secondary N) is 1. The van der Waals surface area contributed by atoms with Gasteiger partial charge in [-0.25, -0.2) is 4.79 Å². The Morgan fingerprint density at radius 2 is 1.72 bits per heavy atom. The van der Waals surface area contributed by atoms with Crippen LogP contribution in [-0.4, -0.2) is 24.6 Å². The highest BCUT2D eigenvalue weighted by Gasteiger charge is 2.19. The number of anilines is 1. The third-order valence-electron chi connectivity index (χ3n) is 4.66. The van der Waals surface area contributed by atoms with E-state index in [1.54, 1.807) is 31.2 Å². The molecule has 29 heavy (non-hydrogen) atoms. The van der Waals surface area contributed by atoms with Crippen LogP contribution < -0.4 is 10.1 Å². The monoisotopic (exact) mass is 397 g/mol. The first-order valence-electron chi connectivity index (χ1n) is 10.2. The predicted molar refractivity (Wildman–Crippen MR) is 116 cm³/mol. The van der Waals surface area contributed by atoms with Crippen LogP contribution in [0.25, 0.3) is 0 Å². The molecule has 156 valence electrons. The number of unbranched alkanes of at least 4 members (excludes halogenated alkanes) is 3. The van der Waals surface area contributed by atoms with Gasteiger partial charge < -0.3 is 14.8 Å². The van der Waals surface area contributed by atoms with Crippen LogP contribution in [0.15, 0.2) is 42.5 Å². The van der Waals surface area contributed by atoms with Gasteiger partial charge in [0.15, 0.2) is 6.10 Å². The van der Waals surface area contributed by atoms with E-state index in [9.17, 15) is 9.59 Å². The van der Waals surface area contributed by atoms with Crippen molar-refractivity contribution in [2.75, 3.05) is 11.9 Å². The number of aryl methyl sites for hydroxylation is 2. The Balaban J connectivity index is 1.85. The van der Waals surface area contributed by atoms with E-state index in [-0.39, 0.29) is 5.91 Å². The lowest BCUT2D eigenvalue weighted by Gasteiger charge is -2.15. The van der Waals surface area contributed by atoms with Crippen LogP contribution in [0, 0.1) is 13.8 Å². The summed E-state index contributed by atoms with van der Waals surface area (Å²) in [6, 6.07) is 12.6. The van der Waals surface area contributed by atoms with Crippen LogP contribution in [0.2, 0.25) is 0 Å². The second-order valence-corrected chi connectivity index (χ2v) is 7.29. The quantitative estimate of drug-likeness (QED) is 0.428. The molecule has 0 radical (unpaired) electrons. The second-order valence-electron chi connectivity index (χ2n) is 7.29. The van der Waals surface area contributed by atoms with Crippen molar-refractivity contribution in [2.45, 2.75) is 59.5 Å². The molecule has 0 bridgehead atoms. The zero-order valence-electron chi connectivity index (χ0n) is 17.8. The Labute approximate surface area is 173 Å². The SMILES string of the molecule is CCCCCCOc1ccc(C(=O)O[C@@H](C)C(=O)Nc2cc(C)ccc2C)cc1. The van der Waals surface area contributed by atoms with E-state index in [0.29, 0.717) is 12.2 Å². The molecule has 0 unspecified atom stereocenters. The van der Waals surface area contributed by atoms with E-state index < -0.39 is 12.1 Å². The minimum atomic E-state index is -0.906. The van der Waals surface area contributed by atoms with Gasteiger partial charge in [0, 0.05) is 5.69 Å². The number of hydrogen-bond donors (Lipinski definition) is 1. The summed E-state index contributed by atoms with van der Waals surface area (Å²) in [6.07, 6.45) is 3.67. The first-order valence-corrected chi connectivity index (χ1v) is 10.2. The summed E-state index contributed by atoms with van der Waals surface area (Å²) in [5.74, 6) is -0.180. The molecule has 0 saturated carbocycles. The summed E-state index contributed by atoms with van der Waals surface area (Å²) in [7, 11) is 0. The lowest BCUT2D eigenvalue weighted by Crippen LogP contribution is -2.30. The van der Waals surface area contributed by atoms with Crippen LogP contribution in [0.4, 0.5) is 5.69 Å². The number of carbonyl (C=O) groups excluding carboxylic acids is 2. The Morgan fingerprint density at radius 3 is 2.41 bits per heavy atom. The Hall–Kier alpha value is -2.82. The van der Waals surface area contributed by atoms with Gasteiger partial charge in [0.05, 0.1) is 12.2 Å². The molecule has 0 aromatic heterocycles. The van der Waals surface area contributed by atoms with Crippen LogP contribution in [-0.2, 0) is 9.53 Å². The standard InChI is InChI=1S/C24H31NO4/c1-5-6-7-8-15-28-21-13-11-20(12-14-21)24(27)29-19(4)23(26)25-22-16-17(2)9-10-18(22)3/h9-14,16,19H,5-8,15H2,1-4H3,(H,25,26)/t19-/m0/s1. The fraction of sp³-hybridized carbons (Fsp3) is 0.417. The van der Waals surface area contributed by atoms with Crippen molar-refractivity contribution >= 4 is 17.6 Å². The van der Waals surface area contributed by atoms with Crippen LogP contribution in [0.3, 0.4) is 0 Å². The fourth-order valence-corrected chi connectivity index (χ4v) is 2.79. The van der Waals surface area contributed by atoms with E-state index >= 15 is 0 Å². The summed E-state index contributed by atoms with van der Waals surface area (Å²) in [5, 5.41) is 2.82. The van der Waals surface area contributed by atoms with Gasteiger partial charge >= 0.3 is 5.97 Å². The molecule has 1 N–H and O–H groups in total. The third-order valence-corrected chi connectivity index (χ3v) is 4.66. The molecule has 2 aromatic rings. The van der Waals surface area contributed by atoms with Gasteiger partial charge in [0.25, 0.3) is 5.91 Å². The van der Waals surface area contributed by atoms with Gasteiger partial charge in [-0.05, 0) is 68.7 Å². The van der Waals surface area contributed by atoms with Gasteiger partial charge in [-0.15, -0.1) is 0 Å². The molecule has 2 aromatic carbocycles. The number of carbonyl (C=O) groups is 2. The molecular weight excluding hydrogens is 366 g/mol. The molecule has 0 fully saturated rings. The lowest BCUT2D eigenvalue weighted by atomic mass is 10.1. The molecule has 1 amide bonds. The maximum Gasteiger partial charge on any atom is 0.338 e. The number of ether oxygens (including phenoxy) is 2. The number of amides is 1. The minimum Gasteiger partial charge on any atom is -0.494 e. The second kappa shape index (κ2) is 11.2. The molecule has 0 aliphatic carbocycles. The van der Waals surface area contributed by atoms with Gasteiger partial charge in [-0.2, -0.15) is 0 Å². The molecule has 2 rings (SSSR count). The first kappa shape index (κ1) is 22.5. The molecule has 0 aliphatic heterocycles. The molecule has 0 saturated heterocycles. The largest absolute Gasteiger partial charge is 0.494 e. The highest BCUT2D eigenvalue weighted by atomic mass is 16.5. The number of esters is 1. The third kappa shape index (κ3) is 7.26. The van der Waals surface area contributed by atoms with Crippen molar-refractivity contribution in [3.05, 3.63) is 59.2 Å². The van der Waals surface area contributed by atoms with Crippen LogP contribution in [0.5, 0.6) is 5.75 Å². The first-order chi connectivity index (χ1) is 13.9. The summed E-state index contributed by atoms with van der Waals surface area (Å²) >= 11 is 0. The van der Waals surface area contributed by atoms with Gasteiger partial charge in [-0.3, -0.25) is 4.79 Å². The van der Waals surface area contributed by atoms with Crippen molar-refractivity contribution in [1.82, 2.24) is 0 Å². The summed E-state index contributed by atoms with van der Waals surface area (Å²) in [5.41, 5.74) is 3.10. The molecule has 0 spiro atoms. The predicted octanol–water partition coefficient (Wildman–Crippen LogP) is 5.45. The van der Waals surface area contributed by atoms with Crippen molar-refractivity contribution in [3.63, 3.8) is 0 Å². The van der Waals surface area contributed by atoms with E-state index in [1.165, 1.54) is 12.8 Å². The average Bonchev–Trinajstić information content (AvgIpc) is 2.71. The molecule has 5 heteroatoms. The maximum atomic E-state index is 12.4. The summed E-state index contributed by atoms with van der Waals surface area (Å²) in [6.45, 7) is 8.27. The topological polar surface area (TPSA) is 64.6 Å². The molecule has 0 heterocycles. The number of benzene rings is 2. The van der Waals surface area contributed by atoms with E-state index in [2.05, 4.69) is 12.2 Å². The fourth-order valence-electron chi connectivity index (χ4n) is 2.79. The highest BCUT2D eigenvalue weighted by Crippen LogP contribution is 2.18. The van der Waals surface area contributed by atoms with Crippen molar-refractivity contribution in [3.8, 4) is 5.75 Å². The smallest absolute Gasteiger partial charge is 0.338 e. The molecular formula is C24H31NO4. The lowest BCUT2D eigenvalue weighted by molar-refractivity contribution is -0.123. The zero-order chi connectivity index (χ0) is 21.2. The van der Waals surface area contributed by atoms with Gasteiger partial charge in [-0.1, -0.05) is 38.3 Å². The van der Waals surface area contributed by atoms with Crippen molar-refractivity contribution in [1.29, 1.82) is 0 Å². The van der Waals surface area contributed by atoms with Crippen LogP contribution in [0.1, 0.15) is 61.0 Å². The van der Waals surface area contributed by atoms with Gasteiger partial charge in [0.2, 0.25) is 0 Å². The summed E-state index contributed by atoms with van der Waals surface area (Å²) in [4.78, 5) is 24.7. The number of hydrogen-bond acceptors (Lipinski definition) is 4. The van der Waals surface area contributed by atoms with Crippen molar-refractivity contribution in [2.24, 2.45) is 0 Å². The van der Waals surface area contributed by atoms with Gasteiger partial charge in [0.1, 0.15) is 5.75 Å². The average molecular weight is 398 g/mol. The van der Waals surface area contributed by atoms with Crippen molar-refractivity contribution < 1.29 is 19.1 Å². The molecule has 5 nitrogen and oxygen atoms in total. The Kier molecular flexibility index (Phi) is 8.71. The summed E-state index contributed by atoms with van der Waals surface area (Å²) < 4.78 is 11.0. The van der Waals surface area contributed by atoms with E-state index in [0.717, 1.165) is 35.4 Å². The minimum absolute atomic E-state index is 0.362. The van der Waals surface area contributed by atoms with Crippen LogP contribution >= 0.6 is 0 Å². The molecule has 1 atom stereocenters. The molecule has 0 aliphatic rings. The number of rotatable bonds is 10. The Bertz CT molecular complexity index is 814. The maximum absolute atomic E-state index is 12.4. The normalized spacial score (nSPS) is 11.6. The van der Waals surface area contributed by atoms with E-state index in [4.69, 9.17) is 9.47 Å².